The van der Waals surface area contributed by atoms with Crippen LogP contribution in [-0.4, -0.2) is 20.1 Å². The van der Waals surface area contributed by atoms with E-state index in [1.807, 2.05) is 0 Å². The van der Waals surface area contributed by atoms with Crippen molar-refractivity contribution < 1.29 is 17.9 Å². The van der Waals surface area contributed by atoms with Crippen molar-refractivity contribution in [2.75, 3.05) is 6.61 Å². The number of thiophene rings is 1. The molecule has 0 radical (unpaired) electrons. The van der Waals surface area contributed by atoms with Crippen molar-refractivity contribution in [3.63, 3.8) is 0 Å². The van der Waals surface area contributed by atoms with Crippen LogP contribution in [0.4, 0.5) is 4.39 Å². The molecule has 1 heterocycles. The smallest absolute Gasteiger partial charge is 0.240 e. The van der Waals surface area contributed by atoms with Crippen molar-refractivity contribution in [3.8, 4) is 11.8 Å². The molecule has 0 amide bonds. The number of halogens is 1. The number of nitrogens with one attached hydrogen (secondary N) is 1. The Balaban J connectivity index is 2.05. The number of aliphatic hydroxyl groups excluding tert-OH is 1. The van der Waals surface area contributed by atoms with Gasteiger partial charge in [0.25, 0.3) is 0 Å². The molecule has 0 aliphatic carbocycles. The van der Waals surface area contributed by atoms with Gasteiger partial charge in [-0.3, -0.25) is 0 Å². The molecule has 110 valence electrons. The second kappa shape index (κ2) is 6.83. The fourth-order valence-corrected chi connectivity index (χ4v) is 3.45. The van der Waals surface area contributed by atoms with E-state index in [0.29, 0.717) is 0 Å². The van der Waals surface area contributed by atoms with Crippen molar-refractivity contribution in [2.24, 2.45) is 0 Å². The van der Waals surface area contributed by atoms with Crippen molar-refractivity contribution >= 4 is 21.4 Å². The molecule has 0 unspecified atom stereocenters. The normalized spacial score (nSPS) is 11.0. The number of rotatable bonds is 4. The summed E-state index contributed by atoms with van der Waals surface area (Å²) in [6.07, 6.45) is 0. The summed E-state index contributed by atoms with van der Waals surface area (Å²) in [4.78, 5) is 1.56. The Kier molecular flexibility index (Phi) is 5.09. The van der Waals surface area contributed by atoms with Gasteiger partial charge in [-0.05, 0) is 36.4 Å². The largest absolute Gasteiger partial charge is 0.384 e. The Labute approximate surface area is 126 Å². The van der Waals surface area contributed by atoms with Crippen LogP contribution in [0.2, 0.25) is 0 Å². The van der Waals surface area contributed by atoms with Crippen LogP contribution in [0.5, 0.6) is 0 Å². The highest BCUT2D eigenvalue weighted by Gasteiger charge is 2.13. The summed E-state index contributed by atoms with van der Waals surface area (Å²) in [5.74, 6) is 4.79. The molecule has 1 aromatic heterocycles. The SMILES string of the molecule is O=S(=O)(NCc1ccc(C#CCO)s1)c1ccc(F)cc1. The Morgan fingerprint density at radius 1 is 1.19 bits per heavy atom. The minimum absolute atomic E-state index is 0.0146. The lowest BCUT2D eigenvalue weighted by Crippen LogP contribution is -2.22. The third-order valence-electron chi connectivity index (χ3n) is 2.51. The molecule has 2 aromatic rings. The van der Waals surface area contributed by atoms with E-state index in [2.05, 4.69) is 16.6 Å². The van der Waals surface area contributed by atoms with Crippen LogP contribution in [0.1, 0.15) is 9.75 Å². The maximum atomic E-state index is 12.8. The van der Waals surface area contributed by atoms with Crippen molar-refractivity contribution in [1.29, 1.82) is 0 Å². The fourth-order valence-electron chi connectivity index (χ4n) is 1.53. The Morgan fingerprint density at radius 3 is 2.57 bits per heavy atom. The van der Waals surface area contributed by atoms with Crippen LogP contribution >= 0.6 is 11.3 Å². The standard InChI is InChI=1S/C14H12FNO3S2/c15-11-3-7-14(8-4-11)21(18,19)16-10-13-6-5-12(20-13)2-1-9-17/h3-8,16-17H,9-10H2. The van der Waals surface area contributed by atoms with E-state index in [1.54, 1.807) is 12.1 Å². The first-order chi connectivity index (χ1) is 10.0. The molecule has 2 N–H and O–H groups in total. The zero-order valence-corrected chi connectivity index (χ0v) is 12.5. The van der Waals surface area contributed by atoms with Gasteiger partial charge in [-0.1, -0.05) is 11.8 Å². The van der Waals surface area contributed by atoms with E-state index in [0.717, 1.165) is 21.9 Å². The van der Waals surface area contributed by atoms with E-state index < -0.39 is 15.8 Å². The molecule has 0 aliphatic rings. The second-order valence-corrected chi connectivity index (χ2v) is 6.94. The van der Waals surface area contributed by atoms with Crippen LogP contribution < -0.4 is 4.72 Å². The summed E-state index contributed by atoms with van der Waals surface area (Å²) in [6, 6.07) is 8.15. The van der Waals surface area contributed by atoms with Gasteiger partial charge in [0, 0.05) is 11.4 Å². The first-order valence-electron chi connectivity index (χ1n) is 5.95. The lowest BCUT2D eigenvalue weighted by atomic mass is 10.4. The fraction of sp³-hybridized carbons (Fsp3) is 0.143. The average Bonchev–Trinajstić information content (AvgIpc) is 2.91. The molecule has 0 bridgehead atoms. The van der Waals surface area contributed by atoms with Crippen LogP contribution in [0.3, 0.4) is 0 Å². The number of benzene rings is 1. The van der Waals surface area contributed by atoms with Crippen LogP contribution in [-0.2, 0) is 16.6 Å². The van der Waals surface area contributed by atoms with E-state index in [4.69, 9.17) is 5.11 Å². The van der Waals surface area contributed by atoms with E-state index >= 15 is 0 Å². The van der Waals surface area contributed by atoms with Gasteiger partial charge in [0.05, 0.1) is 9.77 Å². The molecule has 21 heavy (non-hydrogen) atoms. The van der Waals surface area contributed by atoms with Gasteiger partial charge in [0.2, 0.25) is 10.0 Å². The first kappa shape index (κ1) is 15.7. The number of sulfonamides is 1. The monoisotopic (exact) mass is 325 g/mol. The molecule has 0 fully saturated rings. The van der Waals surface area contributed by atoms with Crippen molar-refractivity contribution in [3.05, 3.63) is 52.0 Å². The van der Waals surface area contributed by atoms with E-state index in [9.17, 15) is 12.8 Å². The van der Waals surface area contributed by atoms with Gasteiger partial charge in [-0.25, -0.2) is 17.5 Å². The topological polar surface area (TPSA) is 66.4 Å². The summed E-state index contributed by atoms with van der Waals surface area (Å²) >= 11 is 1.34. The number of aliphatic hydroxyl groups is 1. The summed E-state index contributed by atoms with van der Waals surface area (Å²) in [5.41, 5.74) is 0. The first-order valence-corrected chi connectivity index (χ1v) is 8.25. The van der Waals surface area contributed by atoms with Crippen LogP contribution in [0, 0.1) is 17.7 Å². The van der Waals surface area contributed by atoms with Crippen LogP contribution in [0.25, 0.3) is 0 Å². The zero-order valence-electron chi connectivity index (χ0n) is 10.8. The molecule has 1 aromatic carbocycles. The van der Waals surface area contributed by atoms with Crippen LogP contribution in [0.15, 0.2) is 41.3 Å². The molecule has 0 saturated heterocycles. The molecular weight excluding hydrogens is 313 g/mol. The average molecular weight is 325 g/mol. The third kappa shape index (κ3) is 4.37. The molecule has 2 rings (SSSR count). The Morgan fingerprint density at radius 2 is 1.90 bits per heavy atom. The second-order valence-electron chi connectivity index (χ2n) is 4.00. The van der Waals surface area contributed by atoms with Gasteiger partial charge in [-0.15, -0.1) is 11.3 Å². The van der Waals surface area contributed by atoms with E-state index in [1.165, 1.54) is 23.5 Å². The van der Waals surface area contributed by atoms with Crippen molar-refractivity contribution in [1.82, 2.24) is 4.72 Å². The lowest BCUT2D eigenvalue weighted by Gasteiger charge is -2.05. The molecule has 0 atom stereocenters. The summed E-state index contributed by atoms with van der Waals surface area (Å²) in [7, 11) is -3.67. The van der Waals surface area contributed by atoms with Crippen molar-refractivity contribution in [2.45, 2.75) is 11.4 Å². The lowest BCUT2D eigenvalue weighted by molar-refractivity contribution is 0.350. The minimum atomic E-state index is -3.67. The highest BCUT2D eigenvalue weighted by atomic mass is 32.2. The predicted molar refractivity (Wildman–Crippen MR) is 78.7 cm³/mol. The highest BCUT2D eigenvalue weighted by molar-refractivity contribution is 7.89. The minimum Gasteiger partial charge on any atom is -0.384 e. The quantitative estimate of drug-likeness (QED) is 0.841. The van der Waals surface area contributed by atoms with Gasteiger partial charge in [0.1, 0.15) is 12.4 Å². The summed E-state index contributed by atoms with van der Waals surface area (Å²) in [5, 5.41) is 8.60. The van der Waals surface area contributed by atoms with Gasteiger partial charge < -0.3 is 5.11 Å². The molecule has 0 spiro atoms. The predicted octanol–water partition coefficient (Wildman–Crippen LogP) is 1.71. The number of hydrogen-bond donors (Lipinski definition) is 2. The zero-order chi connectivity index (χ0) is 15.3. The Bertz CT molecular complexity index is 771. The van der Waals surface area contributed by atoms with E-state index in [-0.39, 0.29) is 18.0 Å². The molecule has 7 heteroatoms. The Hall–Kier alpha value is -1.72. The summed E-state index contributed by atoms with van der Waals surface area (Å²) < 4.78 is 39.2. The molecule has 0 saturated carbocycles. The highest BCUT2D eigenvalue weighted by Crippen LogP contribution is 2.16. The molecule has 4 nitrogen and oxygen atoms in total. The molecule has 0 aliphatic heterocycles. The maximum absolute atomic E-state index is 12.8. The van der Waals surface area contributed by atoms with Gasteiger partial charge >= 0.3 is 0 Å². The van der Waals surface area contributed by atoms with Gasteiger partial charge in [-0.2, -0.15) is 0 Å². The molecular formula is C14H12FNO3S2. The van der Waals surface area contributed by atoms with Gasteiger partial charge in [0.15, 0.2) is 0 Å². The summed E-state index contributed by atoms with van der Waals surface area (Å²) in [6.45, 7) is -0.0877. The number of hydrogen-bond acceptors (Lipinski definition) is 4. The third-order valence-corrected chi connectivity index (χ3v) is 4.93. The maximum Gasteiger partial charge on any atom is 0.240 e.